The summed E-state index contributed by atoms with van der Waals surface area (Å²) in [6, 6.07) is 4.55. The van der Waals surface area contributed by atoms with E-state index in [0.29, 0.717) is 5.56 Å². The fourth-order valence-corrected chi connectivity index (χ4v) is 3.65. The number of hydrogen-bond donors (Lipinski definition) is 2. The summed E-state index contributed by atoms with van der Waals surface area (Å²) in [5, 5.41) is 5.08. The molecule has 0 radical (unpaired) electrons. The van der Waals surface area contributed by atoms with Gasteiger partial charge in [0.2, 0.25) is 11.8 Å². The summed E-state index contributed by atoms with van der Waals surface area (Å²) in [6.07, 6.45) is 1.74. The van der Waals surface area contributed by atoms with Crippen LogP contribution in [0.4, 0.5) is 4.79 Å². The lowest BCUT2D eigenvalue weighted by atomic mass is 9.87. The van der Waals surface area contributed by atoms with Gasteiger partial charge in [0.25, 0.3) is 0 Å². The van der Waals surface area contributed by atoms with Crippen LogP contribution in [-0.2, 0) is 23.9 Å². The molecule has 0 bridgehead atoms. The fourth-order valence-electron chi connectivity index (χ4n) is 3.65. The molecule has 0 saturated heterocycles. The second-order valence-corrected chi connectivity index (χ2v) is 9.30. The molecule has 2 rings (SSSR count). The molecule has 33 heavy (non-hydrogen) atoms. The third-order valence-electron chi connectivity index (χ3n) is 5.42. The van der Waals surface area contributed by atoms with E-state index in [-0.39, 0.29) is 19.1 Å². The van der Waals surface area contributed by atoms with Gasteiger partial charge in [-0.15, -0.1) is 0 Å². The zero-order valence-corrected chi connectivity index (χ0v) is 20.3. The van der Waals surface area contributed by atoms with Gasteiger partial charge < -0.3 is 25.0 Å². The molecule has 3 amide bonds. The van der Waals surface area contributed by atoms with E-state index < -0.39 is 35.5 Å². The van der Waals surface area contributed by atoms with E-state index in [1.165, 1.54) is 12.0 Å². The number of carbonyl (C=O) groups is 4. The summed E-state index contributed by atoms with van der Waals surface area (Å²) < 4.78 is 9.84. The second kappa shape index (κ2) is 11.2. The van der Waals surface area contributed by atoms with Crippen molar-refractivity contribution in [3.63, 3.8) is 0 Å². The molecule has 1 aromatic rings. The number of alkyl carbamates (subject to hydrolysis) is 1. The van der Waals surface area contributed by atoms with Crippen LogP contribution in [0.2, 0.25) is 0 Å². The lowest BCUT2D eigenvalue weighted by Gasteiger charge is -2.42. The van der Waals surface area contributed by atoms with E-state index in [1.807, 2.05) is 32.0 Å². The molecular weight excluding hydrogens is 426 g/mol. The normalized spacial score (nSPS) is 14.5. The molecule has 2 N–H and O–H groups in total. The van der Waals surface area contributed by atoms with Crippen LogP contribution in [0.25, 0.3) is 0 Å². The highest BCUT2D eigenvalue weighted by Crippen LogP contribution is 2.34. The highest BCUT2D eigenvalue weighted by Gasteiger charge is 2.39. The number of rotatable bonds is 8. The Morgan fingerprint density at radius 3 is 2.27 bits per heavy atom. The molecule has 1 aliphatic carbocycles. The van der Waals surface area contributed by atoms with E-state index in [0.717, 1.165) is 30.4 Å². The van der Waals surface area contributed by atoms with Gasteiger partial charge in [0.1, 0.15) is 24.7 Å². The summed E-state index contributed by atoms with van der Waals surface area (Å²) >= 11 is 0. The standard InChI is InChI=1S/C24H35N3O6/c1-15-10-11-18(16(2)12-15)21(22(30)25-14-20(29)32-6)27(17-8-7-9-17)19(28)13-26-23(31)33-24(3,4)5/h10-12,17,21H,7-9,13-14H2,1-6H3,(H,25,30)(H,26,31). The van der Waals surface area contributed by atoms with Gasteiger partial charge in [0.05, 0.1) is 7.11 Å². The van der Waals surface area contributed by atoms with Gasteiger partial charge in [-0.25, -0.2) is 4.79 Å². The van der Waals surface area contributed by atoms with E-state index in [9.17, 15) is 19.2 Å². The van der Waals surface area contributed by atoms with Gasteiger partial charge in [-0.3, -0.25) is 14.4 Å². The summed E-state index contributed by atoms with van der Waals surface area (Å²) in [6.45, 7) is 8.41. The van der Waals surface area contributed by atoms with Crippen molar-refractivity contribution < 1.29 is 28.7 Å². The van der Waals surface area contributed by atoms with Crippen molar-refractivity contribution in [2.75, 3.05) is 20.2 Å². The molecule has 9 nitrogen and oxygen atoms in total. The Labute approximate surface area is 195 Å². The van der Waals surface area contributed by atoms with Crippen molar-refractivity contribution >= 4 is 23.9 Å². The smallest absolute Gasteiger partial charge is 0.408 e. The van der Waals surface area contributed by atoms with Crippen LogP contribution < -0.4 is 10.6 Å². The number of nitrogens with zero attached hydrogens (tertiary/aromatic N) is 1. The first kappa shape index (κ1) is 26.2. The number of carbonyl (C=O) groups excluding carboxylic acids is 4. The van der Waals surface area contributed by atoms with E-state index in [4.69, 9.17) is 4.74 Å². The minimum atomic E-state index is -0.950. The summed E-state index contributed by atoms with van der Waals surface area (Å²) in [7, 11) is 1.24. The van der Waals surface area contributed by atoms with Crippen molar-refractivity contribution in [1.82, 2.24) is 15.5 Å². The van der Waals surface area contributed by atoms with Gasteiger partial charge in [-0.1, -0.05) is 23.8 Å². The van der Waals surface area contributed by atoms with Crippen LogP contribution in [0.3, 0.4) is 0 Å². The third kappa shape index (κ3) is 7.47. The van der Waals surface area contributed by atoms with Crippen molar-refractivity contribution in [3.8, 4) is 0 Å². The van der Waals surface area contributed by atoms with Crippen LogP contribution in [0.1, 0.15) is 62.8 Å². The Morgan fingerprint density at radius 2 is 1.76 bits per heavy atom. The van der Waals surface area contributed by atoms with E-state index in [2.05, 4.69) is 15.4 Å². The van der Waals surface area contributed by atoms with Gasteiger partial charge in [-0.2, -0.15) is 0 Å². The van der Waals surface area contributed by atoms with Crippen molar-refractivity contribution in [1.29, 1.82) is 0 Å². The molecule has 1 saturated carbocycles. The topological polar surface area (TPSA) is 114 Å². The van der Waals surface area contributed by atoms with Gasteiger partial charge >= 0.3 is 12.1 Å². The molecule has 0 aliphatic heterocycles. The molecule has 9 heteroatoms. The molecule has 0 heterocycles. The Balaban J connectivity index is 2.33. The van der Waals surface area contributed by atoms with E-state index >= 15 is 0 Å². The Hall–Kier alpha value is -3.10. The number of nitrogens with one attached hydrogen (secondary N) is 2. The molecule has 182 valence electrons. The summed E-state index contributed by atoms with van der Waals surface area (Å²) in [5.41, 5.74) is 1.85. The maximum Gasteiger partial charge on any atom is 0.408 e. The molecule has 1 fully saturated rings. The Morgan fingerprint density at radius 1 is 1.09 bits per heavy atom. The third-order valence-corrected chi connectivity index (χ3v) is 5.42. The first-order valence-corrected chi connectivity index (χ1v) is 11.1. The van der Waals surface area contributed by atoms with E-state index in [1.54, 1.807) is 20.8 Å². The molecule has 0 spiro atoms. The van der Waals surface area contributed by atoms with Crippen LogP contribution in [0, 0.1) is 13.8 Å². The number of ether oxygens (including phenoxy) is 2. The molecule has 1 aromatic carbocycles. The minimum absolute atomic E-state index is 0.146. The Bertz CT molecular complexity index is 889. The van der Waals surface area contributed by atoms with Crippen LogP contribution in [0.5, 0.6) is 0 Å². The van der Waals surface area contributed by atoms with Crippen molar-refractivity contribution in [2.45, 2.75) is 71.6 Å². The maximum atomic E-state index is 13.3. The zero-order valence-electron chi connectivity index (χ0n) is 20.3. The Kier molecular flexibility index (Phi) is 8.84. The molecule has 1 unspecified atom stereocenters. The zero-order chi connectivity index (χ0) is 24.8. The number of amides is 3. The summed E-state index contributed by atoms with van der Waals surface area (Å²) in [5.74, 6) is -1.47. The first-order valence-electron chi connectivity index (χ1n) is 11.1. The lowest BCUT2D eigenvalue weighted by molar-refractivity contribution is -0.146. The monoisotopic (exact) mass is 461 g/mol. The second-order valence-electron chi connectivity index (χ2n) is 9.30. The lowest BCUT2D eigenvalue weighted by Crippen LogP contribution is -2.54. The molecule has 1 aliphatic rings. The predicted molar refractivity (Wildman–Crippen MR) is 122 cm³/mol. The van der Waals surface area contributed by atoms with Crippen LogP contribution in [0.15, 0.2) is 18.2 Å². The number of esters is 1. The van der Waals surface area contributed by atoms with Crippen LogP contribution >= 0.6 is 0 Å². The predicted octanol–water partition coefficient (Wildman–Crippen LogP) is 2.54. The van der Waals surface area contributed by atoms with Gasteiger partial charge in [0, 0.05) is 6.04 Å². The SMILES string of the molecule is COC(=O)CNC(=O)C(c1ccc(C)cc1C)N(C(=O)CNC(=O)OC(C)(C)C)C1CCC1. The van der Waals surface area contributed by atoms with Gasteiger partial charge in [-0.05, 0) is 65.0 Å². The highest BCUT2D eigenvalue weighted by atomic mass is 16.6. The molecule has 1 atom stereocenters. The number of methoxy groups -OCH3 is 1. The maximum absolute atomic E-state index is 13.3. The van der Waals surface area contributed by atoms with Crippen molar-refractivity contribution in [3.05, 3.63) is 34.9 Å². The summed E-state index contributed by atoms with van der Waals surface area (Å²) in [4.78, 5) is 51.8. The average molecular weight is 462 g/mol. The largest absolute Gasteiger partial charge is 0.468 e. The van der Waals surface area contributed by atoms with Crippen molar-refractivity contribution in [2.24, 2.45) is 0 Å². The first-order chi connectivity index (χ1) is 15.4. The minimum Gasteiger partial charge on any atom is -0.468 e. The van der Waals surface area contributed by atoms with Crippen LogP contribution in [-0.4, -0.2) is 60.6 Å². The number of hydrogen-bond acceptors (Lipinski definition) is 6. The van der Waals surface area contributed by atoms with Gasteiger partial charge in [0.15, 0.2) is 0 Å². The molecule has 0 aromatic heterocycles. The average Bonchev–Trinajstić information content (AvgIpc) is 2.68. The highest BCUT2D eigenvalue weighted by molar-refractivity contribution is 5.92. The number of aryl methyl sites for hydroxylation is 2. The molecular formula is C24H35N3O6. The fraction of sp³-hybridized carbons (Fsp3) is 0.583. The number of benzene rings is 1. The quantitative estimate of drug-likeness (QED) is 0.575.